The second-order valence-corrected chi connectivity index (χ2v) is 10.9. The number of likely N-dealkylation sites (tertiary alicyclic amines) is 1. The Morgan fingerprint density at radius 2 is 1.97 bits per heavy atom. The van der Waals surface area contributed by atoms with Gasteiger partial charge in [0.05, 0.1) is 19.6 Å². The highest BCUT2D eigenvalue weighted by Gasteiger charge is 2.49. The summed E-state index contributed by atoms with van der Waals surface area (Å²) in [4.78, 5) is 30.2. The SMILES string of the molecule is CC=CC(C)(C)C[C@H]1[C@H](C(=O)O)[C@@H](c2cc(OC)c3c(c2)OCO3)CN1CC(=O)N(CCCC)CCCO. The summed E-state index contributed by atoms with van der Waals surface area (Å²) < 4.78 is 16.7. The second kappa shape index (κ2) is 13.3. The maximum Gasteiger partial charge on any atom is 0.308 e. The molecule has 1 saturated heterocycles. The highest BCUT2D eigenvalue weighted by atomic mass is 16.7. The monoisotopic (exact) mass is 532 g/mol. The molecule has 0 bridgehead atoms. The smallest absolute Gasteiger partial charge is 0.308 e. The fraction of sp³-hybridized carbons (Fsp3) is 0.655. The van der Waals surface area contributed by atoms with Gasteiger partial charge in [-0.15, -0.1) is 0 Å². The Labute approximate surface area is 226 Å². The molecular weight excluding hydrogens is 488 g/mol. The lowest BCUT2D eigenvalue weighted by molar-refractivity contribution is -0.144. The number of aliphatic carboxylic acids is 1. The number of benzene rings is 1. The van der Waals surface area contributed by atoms with E-state index in [1.165, 1.54) is 0 Å². The maximum atomic E-state index is 13.5. The molecule has 0 spiro atoms. The number of aliphatic hydroxyl groups excluding tert-OH is 1. The number of hydrogen-bond acceptors (Lipinski definition) is 7. The van der Waals surface area contributed by atoms with Crippen LogP contribution in [0.5, 0.6) is 17.2 Å². The number of aliphatic hydroxyl groups is 1. The molecule has 9 heteroatoms. The highest BCUT2D eigenvalue weighted by Crippen LogP contribution is 2.48. The average Bonchev–Trinajstić information content (AvgIpc) is 3.48. The molecule has 1 aromatic carbocycles. The third-order valence-corrected chi connectivity index (χ3v) is 7.55. The van der Waals surface area contributed by atoms with Crippen LogP contribution in [0.2, 0.25) is 0 Å². The predicted molar refractivity (Wildman–Crippen MR) is 145 cm³/mol. The molecule has 0 aromatic heterocycles. The summed E-state index contributed by atoms with van der Waals surface area (Å²) in [6.45, 7) is 10.0. The summed E-state index contributed by atoms with van der Waals surface area (Å²) >= 11 is 0. The van der Waals surface area contributed by atoms with E-state index in [1.807, 2.05) is 30.0 Å². The second-order valence-electron chi connectivity index (χ2n) is 10.9. The van der Waals surface area contributed by atoms with Gasteiger partial charge in [-0.05, 0) is 49.3 Å². The van der Waals surface area contributed by atoms with Crippen molar-refractivity contribution in [1.29, 1.82) is 0 Å². The fourth-order valence-corrected chi connectivity index (χ4v) is 5.75. The molecule has 1 amide bonds. The first kappa shape index (κ1) is 29.8. The summed E-state index contributed by atoms with van der Waals surface area (Å²) in [5.74, 6) is -0.433. The number of rotatable bonds is 14. The summed E-state index contributed by atoms with van der Waals surface area (Å²) in [6, 6.07) is 3.33. The molecule has 0 radical (unpaired) electrons. The normalized spacial score (nSPS) is 21.3. The number of ether oxygens (including phenoxy) is 3. The van der Waals surface area contributed by atoms with Crippen LogP contribution >= 0.6 is 0 Å². The topological polar surface area (TPSA) is 109 Å². The molecule has 2 heterocycles. The lowest BCUT2D eigenvalue weighted by atomic mass is 9.77. The molecule has 212 valence electrons. The minimum atomic E-state index is -0.883. The number of carbonyl (C=O) groups excluding carboxylic acids is 1. The van der Waals surface area contributed by atoms with Crippen molar-refractivity contribution in [1.82, 2.24) is 9.80 Å². The van der Waals surface area contributed by atoms with E-state index in [9.17, 15) is 19.8 Å². The number of unbranched alkanes of at least 4 members (excludes halogenated alkanes) is 1. The van der Waals surface area contributed by atoms with Gasteiger partial charge in [0.1, 0.15) is 0 Å². The molecule has 3 atom stereocenters. The molecule has 3 rings (SSSR count). The van der Waals surface area contributed by atoms with Crippen LogP contribution < -0.4 is 14.2 Å². The minimum absolute atomic E-state index is 0.0227. The third kappa shape index (κ3) is 6.99. The van der Waals surface area contributed by atoms with Crippen molar-refractivity contribution in [2.24, 2.45) is 11.3 Å². The quantitative estimate of drug-likeness (QED) is 0.348. The Hall–Kier alpha value is -2.78. The molecule has 0 unspecified atom stereocenters. The number of hydrogen-bond donors (Lipinski definition) is 2. The Balaban J connectivity index is 1.97. The molecule has 0 saturated carbocycles. The van der Waals surface area contributed by atoms with Crippen LogP contribution in [-0.4, -0.2) is 84.6 Å². The van der Waals surface area contributed by atoms with Gasteiger partial charge in [0, 0.05) is 38.2 Å². The summed E-state index contributed by atoms with van der Waals surface area (Å²) in [5, 5.41) is 19.8. The molecule has 1 fully saturated rings. The van der Waals surface area contributed by atoms with Gasteiger partial charge < -0.3 is 29.3 Å². The van der Waals surface area contributed by atoms with Crippen LogP contribution in [-0.2, 0) is 9.59 Å². The fourth-order valence-electron chi connectivity index (χ4n) is 5.75. The van der Waals surface area contributed by atoms with E-state index in [0.717, 1.165) is 18.4 Å². The van der Waals surface area contributed by atoms with Gasteiger partial charge >= 0.3 is 5.97 Å². The van der Waals surface area contributed by atoms with Crippen molar-refractivity contribution in [3.05, 3.63) is 29.8 Å². The van der Waals surface area contributed by atoms with E-state index in [4.69, 9.17) is 14.2 Å². The van der Waals surface area contributed by atoms with E-state index in [0.29, 0.717) is 49.7 Å². The zero-order valence-electron chi connectivity index (χ0n) is 23.4. The first-order valence-electron chi connectivity index (χ1n) is 13.6. The van der Waals surface area contributed by atoms with Crippen molar-refractivity contribution in [3.8, 4) is 17.2 Å². The zero-order chi connectivity index (χ0) is 27.9. The van der Waals surface area contributed by atoms with E-state index >= 15 is 0 Å². The molecule has 2 N–H and O–H groups in total. The first-order chi connectivity index (χ1) is 18.1. The van der Waals surface area contributed by atoms with Crippen molar-refractivity contribution in [3.63, 3.8) is 0 Å². The molecule has 2 aliphatic rings. The summed E-state index contributed by atoms with van der Waals surface area (Å²) in [7, 11) is 1.55. The van der Waals surface area contributed by atoms with E-state index in [-0.39, 0.29) is 43.2 Å². The van der Waals surface area contributed by atoms with Gasteiger partial charge in [-0.3, -0.25) is 14.5 Å². The Kier molecular flexibility index (Phi) is 10.4. The molecule has 9 nitrogen and oxygen atoms in total. The molecule has 38 heavy (non-hydrogen) atoms. The van der Waals surface area contributed by atoms with Gasteiger partial charge in [0.2, 0.25) is 18.4 Å². The molecule has 2 aliphatic heterocycles. The number of nitrogens with zero attached hydrogens (tertiary/aromatic N) is 2. The first-order valence-corrected chi connectivity index (χ1v) is 13.6. The zero-order valence-corrected chi connectivity index (χ0v) is 23.4. The number of carbonyl (C=O) groups is 2. The number of carboxylic acid groups (broad SMARTS) is 1. The van der Waals surface area contributed by atoms with Crippen molar-refractivity contribution >= 4 is 11.9 Å². The Morgan fingerprint density at radius 3 is 2.61 bits per heavy atom. The van der Waals surface area contributed by atoms with Crippen LogP contribution in [0.3, 0.4) is 0 Å². The average molecular weight is 533 g/mol. The van der Waals surface area contributed by atoms with Gasteiger partial charge in [0.15, 0.2) is 11.5 Å². The van der Waals surface area contributed by atoms with Gasteiger partial charge in [0.25, 0.3) is 0 Å². The standard InChI is InChI=1S/C29H44N2O7/c1-6-8-11-30(12-9-13-32)25(33)18-31-17-21(20-14-23(36-5)27-24(15-20)37-19-38-27)26(28(34)35)22(31)16-29(3,4)10-7-2/h7,10,14-15,21-22,26,32H,6,8-9,11-13,16-19H2,1-5H3,(H,34,35)/t21-,22+,26-/m1/s1. The van der Waals surface area contributed by atoms with Crippen LogP contribution in [0, 0.1) is 11.3 Å². The molecule has 1 aromatic rings. The van der Waals surface area contributed by atoms with Crippen LogP contribution in [0.25, 0.3) is 0 Å². The van der Waals surface area contributed by atoms with Crippen molar-refractivity contribution < 1.29 is 34.0 Å². The van der Waals surface area contributed by atoms with E-state index < -0.39 is 11.9 Å². The Bertz CT molecular complexity index is 985. The van der Waals surface area contributed by atoms with Gasteiger partial charge in [-0.25, -0.2) is 0 Å². The van der Waals surface area contributed by atoms with Crippen LogP contribution in [0.1, 0.15) is 64.9 Å². The lowest BCUT2D eigenvalue weighted by Crippen LogP contribution is -2.46. The lowest BCUT2D eigenvalue weighted by Gasteiger charge is -2.34. The largest absolute Gasteiger partial charge is 0.493 e. The van der Waals surface area contributed by atoms with E-state index in [2.05, 4.69) is 26.8 Å². The number of amides is 1. The van der Waals surface area contributed by atoms with E-state index in [1.54, 1.807) is 12.0 Å². The molecular formula is C29H44N2O7. The van der Waals surface area contributed by atoms with Crippen LogP contribution in [0.15, 0.2) is 24.3 Å². The highest BCUT2D eigenvalue weighted by molar-refractivity contribution is 5.79. The number of fused-ring (bicyclic) bond motifs is 1. The van der Waals surface area contributed by atoms with Gasteiger partial charge in [-0.2, -0.15) is 0 Å². The predicted octanol–water partition coefficient (Wildman–Crippen LogP) is 3.90. The third-order valence-electron chi connectivity index (χ3n) is 7.55. The number of methoxy groups -OCH3 is 1. The summed E-state index contributed by atoms with van der Waals surface area (Å²) in [6.07, 6.45) is 7.03. The minimum Gasteiger partial charge on any atom is -0.493 e. The summed E-state index contributed by atoms with van der Waals surface area (Å²) in [5.41, 5.74) is 0.541. The van der Waals surface area contributed by atoms with Crippen molar-refractivity contribution in [2.75, 3.05) is 46.7 Å². The van der Waals surface area contributed by atoms with Gasteiger partial charge in [-0.1, -0.05) is 39.3 Å². The van der Waals surface area contributed by atoms with Crippen LogP contribution in [0.4, 0.5) is 0 Å². The number of carboxylic acids is 1. The van der Waals surface area contributed by atoms with Crippen molar-refractivity contribution in [2.45, 2.75) is 65.3 Å². The Morgan fingerprint density at radius 1 is 1.24 bits per heavy atom. The molecule has 0 aliphatic carbocycles. The number of allylic oxidation sites excluding steroid dienone is 2. The maximum absolute atomic E-state index is 13.5.